The van der Waals surface area contributed by atoms with Gasteiger partial charge in [0.1, 0.15) is 0 Å². The molecule has 7 heteroatoms. The molecule has 0 aliphatic carbocycles. The molecule has 100 valence electrons. The normalized spacial score (nSPS) is 24.2. The molecule has 0 aromatic heterocycles. The maximum atomic E-state index is 12.6. The highest BCUT2D eigenvalue weighted by Crippen LogP contribution is 2.65. The SMILES string of the molecule is CCOC(=O)C1(P(=O)(OCC)OCC)CCO1. The van der Waals surface area contributed by atoms with E-state index >= 15 is 0 Å². The van der Waals surface area contributed by atoms with Crippen LogP contribution in [-0.2, 0) is 27.9 Å². The number of carbonyl (C=O) groups excluding carboxylic acids is 1. The molecule has 0 saturated carbocycles. The number of ether oxygens (including phenoxy) is 2. The number of hydrogen-bond acceptors (Lipinski definition) is 6. The van der Waals surface area contributed by atoms with Crippen LogP contribution in [0.1, 0.15) is 27.2 Å². The third kappa shape index (κ3) is 2.55. The second-order valence-electron chi connectivity index (χ2n) is 3.44. The summed E-state index contributed by atoms with van der Waals surface area (Å²) in [5, 5.41) is -1.56. The van der Waals surface area contributed by atoms with Crippen molar-refractivity contribution >= 4 is 13.6 Å². The maximum Gasteiger partial charge on any atom is 0.373 e. The minimum absolute atomic E-state index is 0.182. The molecule has 1 aliphatic heterocycles. The Hall–Kier alpha value is -0.420. The molecule has 1 heterocycles. The van der Waals surface area contributed by atoms with Crippen LogP contribution < -0.4 is 0 Å². The summed E-state index contributed by atoms with van der Waals surface area (Å²) in [5.41, 5.74) is 0. The maximum absolute atomic E-state index is 12.6. The highest BCUT2D eigenvalue weighted by atomic mass is 31.2. The minimum atomic E-state index is -3.64. The van der Waals surface area contributed by atoms with Gasteiger partial charge < -0.3 is 18.5 Å². The lowest BCUT2D eigenvalue weighted by molar-refractivity contribution is -0.182. The van der Waals surface area contributed by atoms with Crippen LogP contribution in [0.25, 0.3) is 0 Å². The lowest BCUT2D eigenvalue weighted by Crippen LogP contribution is -2.52. The highest BCUT2D eigenvalue weighted by molar-refractivity contribution is 7.56. The molecule has 1 aliphatic rings. The summed E-state index contributed by atoms with van der Waals surface area (Å²) in [5.74, 6) is -0.670. The van der Waals surface area contributed by atoms with Crippen LogP contribution >= 0.6 is 7.60 Å². The zero-order chi connectivity index (χ0) is 12.9. The molecule has 0 bridgehead atoms. The Labute approximate surface area is 101 Å². The van der Waals surface area contributed by atoms with Crippen LogP contribution in [0, 0.1) is 0 Å². The first-order valence-electron chi connectivity index (χ1n) is 5.76. The first-order valence-corrected chi connectivity index (χ1v) is 7.31. The number of esters is 1. The van der Waals surface area contributed by atoms with E-state index in [2.05, 4.69) is 0 Å². The van der Waals surface area contributed by atoms with Crippen LogP contribution in [0.5, 0.6) is 0 Å². The van der Waals surface area contributed by atoms with Gasteiger partial charge in [0.2, 0.25) is 0 Å². The van der Waals surface area contributed by atoms with Gasteiger partial charge in [0.15, 0.2) is 0 Å². The standard InChI is InChI=1S/C10H19O6P/c1-4-13-9(11)10(7-8-14-10)17(12,15-5-2)16-6-3/h4-8H2,1-3H3. The van der Waals surface area contributed by atoms with E-state index in [1.54, 1.807) is 20.8 Å². The topological polar surface area (TPSA) is 71.1 Å². The van der Waals surface area contributed by atoms with E-state index in [4.69, 9.17) is 18.5 Å². The third-order valence-corrected chi connectivity index (χ3v) is 5.03. The van der Waals surface area contributed by atoms with E-state index in [-0.39, 0.29) is 19.8 Å². The molecular weight excluding hydrogens is 247 g/mol. The molecule has 0 aromatic rings. The average molecular weight is 266 g/mol. The van der Waals surface area contributed by atoms with Crippen molar-refractivity contribution in [3.63, 3.8) is 0 Å². The zero-order valence-electron chi connectivity index (χ0n) is 10.4. The lowest BCUT2D eigenvalue weighted by Gasteiger charge is -2.42. The molecule has 0 radical (unpaired) electrons. The van der Waals surface area contributed by atoms with Gasteiger partial charge in [-0.05, 0) is 20.8 Å². The average Bonchev–Trinajstić information content (AvgIpc) is 2.16. The fourth-order valence-electron chi connectivity index (χ4n) is 1.61. The summed E-state index contributed by atoms with van der Waals surface area (Å²) in [6, 6.07) is 0. The van der Waals surface area contributed by atoms with Crippen molar-refractivity contribution in [2.75, 3.05) is 26.4 Å². The second-order valence-corrected chi connectivity index (χ2v) is 5.67. The van der Waals surface area contributed by atoms with Gasteiger partial charge >= 0.3 is 13.6 Å². The van der Waals surface area contributed by atoms with Gasteiger partial charge in [-0.1, -0.05) is 0 Å². The Kier molecular flexibility index (Phi) is 5.13. The summed E-state index contributed by atoms with van der Waals surface area (Å²) in [6.45, 7) is 5.96. The monoisotopic (exact) mass is 266 g/mol. The predicted molar refractivity (Wildman–Crippen MR) is 60.8 cm³/mol. The summed E-state index contributed by atoms with van der Waals surface area (Å²) >= 11 is 0. The first kappa shape index (κ1) is 14.6. The Bertz CT molecular complexity index is 302. The number of hydrogen-bond donors (Lipinski definition) is 0. The lowest BCUT2D eigenvalue weighted by atomic mass is 10.2. The molecule has 1 atom stereocenters. The second kappa shape index (κ2) is 5.96. The minimum Gasteiger partial charge on any atom is -0.463 e. The molecule has 1 saturated heterocycles. The van der Waals surface area contributed by atoms with Crippen molar-refractivity contribution in [1.29, 1.82) is 0 Å². The fraction of sp³-hybridized carbons (Fsp3) is 0.900. The first-order chi connectivity index (χ1) is 8.06. The van der Waals surface area contributed by atoms with Gasteiger partial charge in [-0.3, -0.25) is 4.57 Å². The van der Waals surface area contributed by atoms with E-state index in [1.165, 1.54) is 0 Å². The van der Waals surface area contributed by atoms with Gasteiger partial charge in [0.25, 0.3) is 5.34 Å². The summed E-state index contributed by atoms with van der Waals surface area (Å²) < 4.78 is 33.0. The van der Waals surface area contributed by atoms with E-state index < -0.39 is 18.9 Å². The van der Waals surface area contributed by atoms with Crippen LogP contribution in [0.3, 0.4) is 0 Å². The number of rotatable bonds is 7. The summed E-state index contributed by atoms with van der Waals surface area (Å²) in [6.07, 6.45) is 0.295. The van der Waals surface area contributed by atoms with E-state index in [9.17, 15) is 9.36 Å². The molecule has 0 aromatic carbocycles. The molecule has 0 spiro atoms. The third-order valence-electron chi connectivity index (χ3n) is 2.42. The fourth-order valence-corrected chi connectivity index (χ4v) is 3.69. The predicted octanol–water partition coefficient (Wildman–Crippen LogP) is 1.93. The quantitative estimate of drug-likeness (QED) is 0.518. The van der Waals surface area contributed by atoms with Crippen molar-refractivity contribution in [2.45, 2.75) is 32.5 Å². The molecule has 0 N–H and O–H groups in total. The van der Waals surface area contributed by atoms with Crippen LogP contribution in [0.2, 0.25) is 0 Å². The van der Waals surface area contributed by atoms with Gasteiger partial charge in [-0.15, -0.1) is 0 Å². The summed E-state index contributed by atoms with van der Waals surface area (Å²) in [7, 11) is -3.64. The molecule has 17 heavy (non-hydrogen) atoms. The Balaban J connectivity index is 2.95. The van der Waals surface area contributed by atoms with Gasteiger partial charge in [0.05, 0.1) is 26.4 Å². The van der Waals surface area contributed by atoms with Crippen molar-refractivity contribution in [1.82, 2.24) is 0 Å². The number of carbonyl (C=O) groups is 1. The zero-order valence-corrected chi connectivity index (χ0v) is 11.3. The molecular formula is C10H19O6P. The molecule has 6 nitrogen and oxygen atoms in total. The molecule has 0 amide bonds. The van der Waals surface area contributed by atoms with Crippen LogP contribution in [-0.4, -0.2) is 37.7 Å². The highest BCUT2D eigenvalue weighted by Gasteiger charge is 2.64. The van der Waals surface area contributed by atoms with Crippen molar-refractivity contribution in [3.05, 3.63) is 0 Å². The van der Waals surface area contributed by atoms with Crippen molar-refractivity contribution in [2.24, 2.45) is 0 Å². The van der Waals surface area contributed by atoms with Gasteiger partial charge in [-0.25, -0.2) is 4.79 Å². The van der Waals surface area contributed by atoms with Crippen LogP contribution in [0.15, 0.2) is 0 Å². The van der Waals surface area contributed by atoms with Gasteiger partial charge in [-0.2, -0.15) is 0 Å². The Morgan fingerprint density at radius 3 is 2.06 bits per heavy atom. The summed E-state index contributed by atoms with van der Waals surface area (Å²) in [4.78, 5) is 11.9. The smallest absolute Gasteiger partial charge is 0.373 e. The van der Waals surface area contributed by atoms with Crippen LogP contribution in [0.4, 0.5) is 0 Å². The van der Waals surface area contributed by atoms with E-state index in [1.807, 2.05) is 0 Å². The Morgan fingerprint density at radius 1 is 1.24 bits per heavy atom. The van der Waals surface area contributed by atoms with E-state index in [0.29, 0.717) is 13.0 Å². The Morgan fingerprint density at radius 2 is 1.76 bits per heavy atom. The van der Waals surface area contributed by atoms with Gasteiger partial charge in [0, 0.05) is 6.42 Å². The molecule has 1 rings (SSSR count). The van der Waals surface area contributed by atoms with Crippen molar-refractivity contribution < 1.29 is 27.9 Å². The molecule has 1 fully saturated rings. The van der Waals surface area contributed by atoms with Crippen molar-refractivity contribution in [3.8, 4) is 0 Å². The van der Waals surface area contributed by atoms with E-state index in [0.717, 1.165) is 0 Å². The largest absolute Gasteiger partial charge is 0.463 e. The molecule has 1 unspecified atom stereocenters.